The molecule has 0 spiro atoms. The molecule has 0 saturated carbocycles. The highest BCUT2D eigenvalue weighted by Crippen LogP contribution is 2.25. The number of hydrogen-bond acceptors (Lipinski definition) is 3. The molecule has 0 atom stereocenters. The lowest BCUT2D eigenvalue weighted by molar-refractivity contribution is 0.180. The standard InChI is InChI=1S/C10H10FNO2/c1-13-6-8-4-3-7(5-12)10(14-2)9(8)11/h3-4H,6H2,1-2H3. The minimum atomic E-state index is -0.534. The fraction of sp³-hybridized carbons (Fsp3) is 0.300. The van der Waals surface area contributed by atoms with Crippen LogP contribution in [-0.4, -0.2) is 14.2 Å². The Kier molecular flexibility index (Phi) is 3.43. The van der Waals surface area contributed by atoms with E-state index in [1.165, 1.54) is 26.4 Å². The Morgan fingerprint density at radius 2 is 2.14 bits per heavy atom. The Balaban J connectivity index is 3.22. The maximum Gasteiger partial charge on any atom is 0.172 e. The van der Waals surface area contributed by atoms with Gasteiger partial charge in [-0.3, -0.25) is 0 Å². The number of nitrogens with zero attached hydrogens (tertiary/aromatic N) is 1. The smallest absolute Gasteiger partial charge is 0.172 e. The Labute approximate surface area is 81.7 Å². The summed E-state index contributed by atoms with van der Waals surface area (Å²) in [5.74, 6) is -0.560. The van der Waals surface area contributed by atoms with Crippen molar-refractivity contribution in [3.05, 3.63) is 29.1 Å². The van der Waals surface area contributed by atoms with Gasteiger partial charge in [0.2, 0.25) is 0 Å². The lowest BCUT2D eigenvalue weighted by Gasteiger charge is -2.07. The van der Waals surface area contributed by atoms with Crippen molar-refractivity contribution in [2.45, 2.75) is 6.61 Å². The van der Waals surface area contributed by atoms with E-state index in [9.17, 15) is 4.39 Å². The Morgan fingerprint density at radius 3 is 2.64 bits per heavy atom. The van der Waals surface area contributed by atoms with Gasteiger partial charge in [-0.15, -0.1) is 0 Å². The maximum atomic E-state index is 13.6. The zero-order chi connectivity index (χ0) is 10.6. The van der Waals surface area contributed by atoms with Gasteiger partial charge in [0.05, 0.1) is 19.3 Å². The highest BCUT2D eigenvalue weighted by Gasteiger charge is 2.13. The fourth-order valence-corrected chi connectivity index (χ4v) is 1.15. The average Bonchev–Trinajstić information content (AvgIpc) is 2.21. The van der Waals surface area contributed by atoms with E-state index in [1.54, 1.807) is 0 Å². The molecule has 0 aliphatic carbocycles. The zero-order valence-electron chi connectivity index (χ0n) is 8.00. The predicted octanol–water partition coefficient (Wildman–Crippen LogP) is 1.85. The van der Waals surface area contributed by atoms with Gasteiger partial charge in [-0.25, -0.2) is 4.39 Å². The molecule has 0 aromatic heterocycles. The van der Waals surface area contributed by atoms with Gasteiger partial charge in [-0.1, -0.05) is 6.07 Å². The summed E-state index contributed by atoms with van der Waals surface area (Å²) in [6.07, 6.45) is 0. The van der Waals surface area contributed by atoms with Crippen molar-refractivity contribution in [1.29, 1.82) is 5.26 Å². The average molecular weight is 195 g/mol. The number of ether oxygens (including phenoxy) is 2. The van der Waals surface area contributed by atoms with Crippen LogP contribution in [0.1, 0.15) is 11.1 Å². The molecule has 14 heavy (non-hydrogen) atoms. The van der Waals surface area contributed by atoms with Gasteiger partial charge in [0, 0.05) is 12.7 Å². The molecule has 0 heterocycles. The molecule has 0 saturated heterocycles. The molecule has 74 valence electrons. The number of methoxy groups -OCH3 is 2. The van der Waals surface area contributed by atoms with E-state index >= 15 is 0 Å². The molecule has 0 unspecified atom stereocenters. The third kappa shape index (κ3) is 1.83. The molecule has 1 aromatic rings. The van der Waals surface area contributed by atoms with Crippen LogP contribution in [0, 0.1) is 17.1 Å². The largest absolute Gasteiger partial charge is 0.492 e. The first-order valence-electron chi connectivity index (χ1n) is 3.99. The number of benzene rings is 1. The van der Waals surface area contributed by atoms with Crippen molar-refractivity contribution in [3.8, 4) is 11.8 Å². The van der Waals surface area contributed by atoms with E-state index in [4.69, 9.17) is 14.7 Å². The van der Waals surface area contributed by atoms with Crippen molar-refractivity contribution < 1.29 is 13.9 Å². The van der Waals surface area contributed by atoms with Crippen LogP contribution >= 0.6 is 0 Å². The van der Waals surface area contributed by atoms with Gasteiger partial charge < -0.3 is 9.47 Å². The normalized spacial score (nSPS) is 9.57. The van der Waals surface area contributed by atoms with Gasteiger partial charge in [-0.05, 0) is 6.07 Å². The first kappa shape index (κ1) is 10.5. The topological polar surface area (TPSA) is 42.2 Å². The second-order valence-electron chi connectivity index (χ2n) is 2.66. The summed E-state index contributed by atoms with van der Waals surface area (Å²) in [5, 5.41) is 8.67. The third-order valence-corrected chi connectivity index (χ3v) is 1.80. The molecular weight excluding hydrogens is 185 g/mol. The van der Waals surface area contributed by atoms with E-state index < -0.39 is 5.82 Å². The summed E-state index contributed by atoms with van der Waals surface area (Å²) in [4.78, 5) is 0. The van der Waals surface area contributed by atoms with Crippen LogP contribution in [0.25, 0.3) is 0 Å². The van der Waals surface area contributed by atoms with Gasteiger partial charge in [0.1, 0.15) is 6.07 Å². The second-order valence-corrected chi connectivity index (χ2v) is 2.66. The monoisotopic (exact) mass is 195 g/mol. The first-order chi connectivity index (χ1) is 6.74. The molecule has 0 aliphatic rings. The van der Waals surface area contributed by atoms with E-state index in [1.807, 2.05) is 6.07 Å². The number of hydrogen-bond donors (Lipinski definition) is 0. The van der Waals surface area contributed by atoms with Crippen LogP contribution in [0.5, 0.6) is 5.75 Å². The van der Waals surface area contributed by atoms with Crippen molar-refractivity contribution in [1.82, 2.24) is 0 Å². The highest BCUT2D eigenvalue weighted by molar-refractivity contribution is 5.46. The summed E-state index contributed by atoms with van der Waals surface area (Å²) in [7, 11) is 2.81. The van der Waals surface area contributed by atoms with Gasteiger partial charge in [-0.2, -0.15) is 5.26 Å². The SMILES string of the molecule is COCc1ccc(C#N)c(OC)c1F. The molecule has 4 heteroatoms. The molecule has 1 aromatic carbocycles. The summed E-state index contributed by atoms with van der Waals surface area (Å²) in [6, 6.07) is 4.87. The Bertz CT molecular complexity index is 371. The van der Waals surface area contributed by atoms with E-state index in [0.29, 0.717) is 5.56 Å². The van der Waals surface area contributed by atoms with Gasteiger partial charge in [0.25, 0.3) is 0 Å². The summed E-state index contributed by atoms with van der Waals surface area (Å²) < 4.78 is 23.2. The molecular formula is C10H10FNO2. The van der Waals surface area contributed by atoms with E-state index in [0.717, 1.165) is 0 Å². The van der Waals surface area contributed by atoms with Crippen LogP contribution in [0.2, 0.25) is 0 Å². The van der Waals surface area contributed by atoms with Crippen LogP contribution < -0.4 is 4.74 Å². The molecule has 0 bridgehead atoms. The lowest BCUT2D eigenvalue weighted by atomic mass is 10.1. The first-order valence-corrected chi connectivity index (χ1v) is 3.99. The van der Waals surface area contributed by atoms with Crippen molar-refractivity contribution in [2.24, 2.45) is 0 Å². The van der Waals surface area contributed by atoms with Crippen LogP contribution in [0.4, 0.5) is 4.39 Å². The van der Waals surface area contributed by atoms with Crippen LogP contribution in [0.3, 0.4) is 0 Å². The third-order valence-electron chi connectivity index (χ3n) is 1.80. The second kappa shape index (κ2) is 4.58. The van der Waals surface area contributed by atoms with Crippen molar-refractivity contribution in [3.63, 3.8) is 0 Å². The number of rotatable bonds is 3. The van der Waals surface area contributed by atoms with Gasteiger partial charge >= 0.3 is 0 Å². The highest BCUT2D eigenvalue weighted by atomic mass is 19.1. The summed E-state index contributed by atoms with van der Waals surface area (Å²) in [5.41, 5.74) is 0.563. The quantitative estimate of drug-likeness (QED) is 0.739. The fourth-order valence-electron chi connectivity index (χ4n) is 1.15. The van der Waals surface area contributed by atoms with E-state index in [2.05, 4.69) is 0 Å². The molecule has 3 nitrogen and oxygen atoms in total. The maximum absolute atomic E-state index is 13.6. The zero-order valence-corrected chi connectivity index (χ0v) is 8.00. The minimum absolute atomic E-state index is 0.0259. The lowest BCUT2D eigenvalue weighted by Crippen LogP contribution is -1.98. The predicted molar refractivity (Wildman–Crippen MR) is 48.4 cm³/mol. The number of nitriles is 1. The van der Waals surface area contributed by atoms with Crippen molar-refractivity contribution >= 4 is 0 Å². The van der Waals surface area contributed by atoms with Crippen LogP contribution in [-0.2, 0) is 11.3 Å². The molecule has 0 aliphatic heterocycles. The van der Waals surface area contributed by atoms with E-state index in [-0.39, 0.29) is 17.9 Å². The minimum Gasteiger partial charge on any atom is -0.492 e. The van der Waals surface area contributed by atoms with Crippen LogP contribution in [0.15, 0.2) is 12.1 Å². The Hall–Kier alpha value is -1.60. The Morgan fingerprint density at radius 1 is 1.43 bits per heavy atom. The molecule has 0 radical (unpaired) electrons. The summed E-state index contributed by atoms with van der Waals surface area (Å²) >= 11 is 0. The summed E-state index contributed by atoms with van der Waals surface area (Å²) in [6.45, 7) is 0.161. The molecule has 0 N–H and O–H groups in total. The molecule has 0 fully saturated rings. The number of halogens is 1. The molecule has 1 rings (SSSR count). The molecule has 0 amide bonds. The van der Waals surface area contributed by atoms with Crippen molar-refractivity contribution in [2.75, 3.05) is 14.2 Å². The van der Waals surface area contributed by atoms with Gasteiger partial charge in [0.15, 0.2) is 11.6 Å².